The Morgan fingerprint density at radius 2 is 1.87 bits per heavy atom. The number of hydrogen-bond acceptors (Lipinski definition) is 4. The van der Waals surface area contributed by atoms with Crippen LogP contribution in [-0.2, 0) is 6.61 Å². The molecule has 30 heavy (non-hydrogen) atoms. The second-order valence-corrected chi connectivity index (χ2v) is 7.95. The number of halogens is 1. The van der Waals surface area contributed by atoms with Crippen molar-refractivity contribution in [2.75, 3.05) is 5.32 Å². The average molecular weight is 439 g/mol. The maximum absolute atomic E-state index is 12.1. The quantitative estimate of drug-likeness (QED) is 0.326. The first-order chi connectivity index (χ1) is 14.5. The van der Waals surface area contributed by atoms with Crippen LogP contribution in [0.25, 0.3) is 11.0 Å². The van der Waals surface area contributed by atoms with Gasteiger partial charge in [-0.1, -0.05) is 29.3 Å². The minimum Gasteiger partial charge on any atom is -0.486 e. The van der Waals surface area contributed by atoms with Crippen molar-refractivity contribution in [3.8, 4) is 5.75 Å². The average Bonchev–Trinajstić information content (AvgIpc) is 3.15. The number of nitrogens with zero attached hydrogens (tertiary/aromatic N) is 1. The van der Waals surface area contributed by atoms with E-state index >= 15 is 0 Å². The van der Waals surface area contributed by atoms with Gasteiger partial charge in [0.05, 0.1) is 11.0 Å². The largest absolute Gasteiger partial charge is 0.486 e. The van der Waals surface area contributed by atoms with E-state index in [1.54, 1.807) is 30.3 Å². The summed E-state index contributed by atoms with van der Waals surface area (Å²) in [7, 11) is 0. The van der Waals surface area contributed by atoms with Gasteiger partial charge in [0.25, 0.3) is 0 Å². The minimum atomic E-state index is -0.296. The van der Waals surface area contributed by atoms with E-state index in [2.05, 4.69) is 20.0 Å². The molecule has 0 aliphatic rings. The molecular weight excluding hydrogens is 420 g/mol. The highest BCUT2D eigenvalue weighted by molar-refractivity contribution is 7.98. The number of fused-ring (bicyclic) bond motifs is 1. The molecular formula is C22H19ClN4O2S. The topological polar surface area (TPSA) is 79.0 Å². The number of urea groups is 1. The highest BCUT2D eigenvalue weighted by atomic mass is 35.5. The van der Waals surface area contributed by atoms with E-state index in [0.29, 0.717) is 28.9 Å². The van der Waals surface area contributed by atoms with Crippen LogP contribution in [0.4, 0.5) is 10.5 Å². The van der Waals surface area contributed by atoms with E-state index in [9.17, 15) is 4.79 Å². The maximum atomic E-state index is 12.1. The molecule has 0 aliphatic heterocycles. The molecule has 2 amide bonds. The number of amides is 2. The number of benzene rings is 3. The fraction of sp³-hybridized carbons (Fsp3) is 0.0909. The second kappa shape index (κ2) is 9.11. The number of carbonyl (C=O) groups excluding carboxylic acids is 1. The first-order valence-corrected chi connectivity index (χ1v) is 10.4. The summed E-state index contributed by atoms with van der Waals surface area (Å²) in [4.78, 5) is 20.7. The van der Waals surface area contributed by atoms with Gasteiger partial charge in [-0.15, -0.1) is 0 Å². The fourth-order valence-electron chi connectivity index (χ4n) is 2.76. The Bertz CT molecular complexity index is 1160. The van der Waals surface area contributed by atoms with Crippen LogP contribution >= 0.6 is 23.5 Å². The lowest BCUT2D eigenvalue weighted by molar-refractivity contribution is 0.257. The Hall–Kier alpha value is -3.16. The van der Waals surface area contributed by atoms with Crippen molar-refractivity contribution >= 4 is 46.3 Å². The molecule has 1 aromatic heterocycles. The van der Waals surface area contributed by atoms with Gasteiger partial charge in [0, 0.05) is 15.6 Å². The molecule has 3 N–H and O–H groups in total. The summed E-state index contributed by atoms with van der Waals surface area (Å²) >= 11 is 7.26. The molecule has 152 valence electrons. The second-order valence-electron chi connectivity index (χ2n) is 6.63. The van der Waals surface area contributed by atoms with Crippen molar-refractivity contribution in [3.63, 3.8) is 0 Å². The van der Waals surface area contributed by atoms with E-state index in [1.165, 1.54) is 17.5 Å². The number of aromatic nitrogens is 2. The number of rotatable bonds is 6. The molecule has 0 spiro atoms. The van der Waals surface area contributed by atoms with E-state index < -0.39 is 0 Å². The maximum Gasteiger partial charge on any atom is 0.329 e. The van der Waals surface area contributed by atoms with Gasteiger partial charge in [0.2, 0.25) is 0 Å². The van der Waals surface area contributed by atoms with Crippen LogP contribution in [0.15, 0.2) is 71.6 Å². The van der Waals surface area contributed by atoms with Gasteiger partial charge < -0.3 is 15.0 Å². The van der Waals surface area contributed by atoms with Gasteiger partial charge >= 0.3 is 6.03 Å². The number of ether oxygens (including phenoxy) is 1. The van der Waals surface area contributed by atoms with Crippen LogP contribution in [0.5, 0.6) is 5.75 Å². The number of imidazole rings is 1. The lowest BCUT2D eigenvalue weighted by Crippen LogP contribution is -2.22. The molecule has 6 nitrogen and oxygen atoms in total. The molecule has 8 heteroatoms. The molecule has 0 bridgehead atoms. The SMILES string of the molecule is Cc1ccc(SNC(=O)Nc2ccc(OCc3nc4ccc(Cl)cc4[nH]3)cc2)cc1. The van der Waals surface area contributed by atoms with Gasteiger partial charge in [-0.3, -0.25) is 4.72 Å². The first kappa shape index (κ1) is 20.1. The summed E-state index contributed by atoms with van der Waals surface area (Å²) in [6, 6.07) is 20.3. The standard InChI is InChI=1S/C22H19ClN4O2S/c1-14-2-9-18(10-3-14)30-27-22(28)24-16-5-7-17(8-6-16)29-13-21-25-19-11-4-15(23)12-20(19)26-21/h2-12H,13H2,1H3,(H,25,26)(H2,24,27,28). The molecule has 4 aromatic rings. The summed E-state index contributed by atoms with van der Waals surface area (Å²) in [6.07, 6.45) is 0. The number of anilines is 1. The highest BCUT2D eigenvalue weighted by Gasteiger charge is 2.06. The molecule has 3 aromatic carbocycles. The summed E-state index contributed by atoms with van der Waals surface area (Å²) in [5.74, 6) is 1.38. The molecule has 0 unspecified atom stereocenters. The molecule has 0 saturated carbocycles. The molecule has 0 radical (unpaired) electrons. The fourth-order valence-corrected chi connectivity index (χ4v) is 3.46. The van der Waals surface area contributed by atoms with Crippen LogP contribution in [0.1, 0.15) is 11.4 Å². The van der Waals surface area contributed by atoms with Crippen LogP contribution in [0.3, 0.4) is 0 Å². The van der Waals surface area contributed by atoms with E-state index in [0.717, 1.165) is 15.9 Å². The Balaban J connectivity index is 1.27. The Kier molecular flexibility index (Phi) is 6.11. The molecule has 0 aliphatic carbocycles. The third kappa shape index (κ3) is 5.25. The number of aromatic amines is 1. The lowest BCUT2D eigenvalue weighted by Gasteiger charge is -2.08. The number of H-pyrrole nitrogens is 1. The van der Waals surface area contributed by atoms with Crippen LogP contribution in [0.2, 0.25) is 5.02 Å². The summed E-state index contributed by atoms with van der Waals surface area (Å²) in [5.41, 5.74) is 3.56. The zero-order valence-electron chi connectivity index (χ0n) is 16.1. The van der Waals surface area contributed by atoms with Crippen molar-refractivity contribution in [3.05, 3.63) is 83.1 Å². The molecule has 4 rings (SSSR count). The number of aryl methyl sites for hydroxylation is 1. The van der Waals surface area contributed by atoms with Crippen LogP contribution in [0, 0.1) is 6.92 Å². The van der Waals surface area contributed by atoms with Crippen molar-refractivity contribution in [1.29, 1.82) is 0 Å². The Morgan fingerprint density at radius 3 is 2.63 bits per heavy atom. The van der Waals surface area contributed by atoms with Crippen molar-refractivity contribution in [2.24, 2.45) is 0 Å². The van der Waals surface area contributed by atoms with Crippen molar-refractivity contribution < 1.29 is 9.53 Å². The van der Waals surface area contributed by atoms with E-state index in [1.807, 2.05) is 43.3 Å². The monoisotopic (exact) mass is 438 g/mol. The predicted molar refractivity (Wildman–Crippen MR) is 121 cm³/mol. The molecule has 1 heterocycles. The molecule has 0 saturated heterocycles. The van der Waals surface area contributed by atoms with Gasteiger partial charge in [-0.25, -0.2) is 9.78 Å². The van der Waals surface area contributed by atoms with Crippen molar-refractivity contribution in [2.45, 2.75) is 18.4 Å². The Labute approximate surface area is 183 Å². The number of nitrogens with one attached hydrogen (secondary N) is 3. The number of hydrogen-bond donors (Lipinski definition) is 3. The van der Waals surface area contributed by atoms with Gasteiger partial charge in [-0.2, -0.15) is 0 Å². The third-order valence-electron chi connectivity index (χ3n) is 4.26. The lowest BCUT2D eigenvalue weighted by atomic mass is 10.2. The normalized spacial score (nSPS) is 10.7. The van der Waals surface area contributed by atoms with Crippen LogP contribution < -0.4 is 14.8 Å². The van der Waals surface area contributed by atoms with E-state index in [4.69, 9.17) is 16.3 Å². The smallest absolute Gasteiger partial charge is 0.329 e. The molecule has 0 fully saturated rings. The van der Waals surface area contributed by atoms with Gasteiger partial charge in [0.1, 0.15) is 18.2 Å². The van der Waals surface area contributed by atoms with Gasteiger partial charge in [0.15, 0.2) is 0 Å². The van der Waals surface area contributed by atoms with Crippen LogP contribution in [-0.4, -0.2) is 16.0 Å². The summed E-state index contributed by atoms with van der Waals surface area (Å²) < 4.78 is 8.53. The van der Waals surface area contributed by atoms with E-state index in [-0.39, 0.29) is 6.03 Å². The summed E-state index contributed by atoms with van der Waals surface area (Å²) in [6.45, 7) is 2.32. The third-order valence-corrected chi connectivity index (χ3v) is 5.29. The molecule has 0 atom stereocenters. The number of carbonyl (C=O) groups is 1. The zero-order chi connectivity index (χ0) is 20.9. The van der Waals surface area contributed by atoms with Crippen molar-refractivity contribution in [1.82, 2.24) is 14.7 Å². The first-order valence-electron chi connectivity index (χ1n) is 9.23. The predicted octanol–water partition coefficient (Wildman–Crippen LogP) is 5.93. The highest BCUT2D eigenvalue weighted by Crippen LogP contribution is 2.20. The zero-order valence-corrected chi connectivity index (χ0v) is 17.7. The summed E-state index contributed by atoms with van der Waals surface area (Å²) in [5, 5.41) is 3.45. The van der Waals surface area contributed by atoms with Gasteiger partial charge in [-0.05, 0) is 73.5 Å². The minimum absolute atomic E-state index is 0.296. The Morgan fingerprint density at radius 1 is 1.10 bits per heavy atom.